The quantitative estimate of drug-likeness (QED) is 0.333. The number of ether oxygens (including phenoxy) is 1. The van der Waals surface area contributed by atoms with Crippen LogP contribution in [0.25, 0.3) is 0 Å². The Morgan fingerprint density at radius 1 is 1.24 bits per heavy atom. The molecule has 0 heterocycles. The van der Waals surface area contributed by atoms with E-state index in [4.69, 9.17) is 4.74 Å². The Morgan fingerprint density at radius 2 is 2.00 bits per heavy atom. The van der Waals surface area contributed by atoms with Gasteiger partial charge in [0.05, 0.1) is 19.0 Å². The third-order valence-electron chi connectivity index (χ3n) is 4.90. The lowest BCUT2D eigenvalue weighted by atomic mass is 9.86. The van der Waals surface area contributed by atoms with Crippen LogP contribution in [0.5, 0.6) is 0 Å². The first kappa shape index (κ1) is 23.6. The number of hydrogen-bond donors (Lipinski definition) is 3. The summed E-state index contributed by atoms with van der Waals surface area (Å²) in [5.41, 5.74) is 1.16. The van der Waals surface area contributed by atoms with Gasteiger partial charge in [0, 0.05) is 26.2 Å². The molecule has 1 aliphatic rings. The number of aliphatic imine (C=N–C) groups is 1. The average molecular weight is 425 g/mol. The van der Waals surface area contributed by atoms with Crippen LogP contribution < -0.4 is 15.4 Å². The second-order valence-corrected chi connectivity index (χ2v) is 9.64. The predicted octanol–water partition coefficient (Wildman–Crippen LogP) is 2.11. The van der Waals surface area contributed by atoms with Gasteiger partial charge >= 0.3 is 0 Å². The molecule has 164 valence electrons. The summed E-state index contributed by atoms with van der Waals surface area (Å²) in [6.45, 7) is 7.51. The van der Waals surface area contributed by atoms with E-state index in [0.29, 0.717) is 44.7 Å². The number of benzene rings is 1. The van der Waals surface area contributed by atoms with Crippen molar-refractivity contribution in [3.05, 3.63) is 35.9 Å². The van der Waals surface area contributed by atoms with E-state index in [1.165, 1.54) is 6.42 Å². The fourth-order valence-electron chi connectivity index (χ4n) is 2.91. The van der Waals surface area contributed by atoms with E-state index >= 15 is 0 Å². The van der Waals surface area contributed by atoms with Gasteiger partial charge in [0.1, 0.15) is 0 Å². The fourth-order valence-corrected chi connectivity index (χ4v) is 3.92. The van der Waals surface area contributed by atoms with Gasteiger partial charge < -0.3 is 15.4 Å². The average Bonchev–Trinajstić information content (AvgIpc) is 2.65. The largest absolute Gasteiger partial charge is 0.376 e. The summed E-state index contributed by atoms with van der Waals surface area (Å²) >= 11 is 0. The number of rotatable bonds is 13. The molecule has 0 bridgehead atoms. The van der Waals surface area contributed by atoms with Crippen molar-refractivity contribution in [1.29, 1.82) is 0 Å². The Morgan fingerprint density at radius 3 is 2.66 bits per heavy atom. The van der Waals surface area contributed by atoms with Crippen molar-refractivity contribution in [2.24, 2.45) is 16.8 Å². The molecule has 1 fully saturated rings. The van der Waals surface area contributed by atoms with Crippen molar-refractivity contribution >= 4 is 16.0 Å². The molecule has 1 aromatic rings. The third kappa shape index (κ3) is 10.1. The molecule has 8 heteroatoms. The van der Waals surface area contributed by atoms with E-state index in [1.807, 2.05) is 37.3 Å². The van der Waals surface area contributed by atoms with Crippen LogP contribution in [0.4, 0.5) is 0 Å². The van der Waals surface area contributed by atoms with Crippen LogP contribution in [0.1, 0.15) is 38.7 Å². The van der Waals surface area contributed by atoms with Gasteiger partial charge in [0.15, 0.2) is 5.96 Å². The van der Waals surface area contributed by atoms with E-state index < -0.39 is 10.0 Å². The first-order valence-corrected chi connectivity index (χ1v) is 12.2. The van der Waals surface area contributed by atoms with E-state index in [1.54, 1.807) is 0 Å². The van der Waals surface area contributed by atoms with Crippen LogP contribution >= 0.6 is 0 Å². The number of guanidine groups is 1. The predicted molar refractivity (Wildman–Crippen MR) is 118 cm³/mol. The molecular weight excluding hydrogens is 388 g/mol. The normalized spacial score (nSPS) is 16.3. The van der Waals surface area contributed by atoms with Gasteiger partial charge in [-0.05, 0) is 37.2 Å². The number of nitrogens with one attached hydrogen (secondary N) is 3. The molecule has 1 aliphatic carbocycles. The van der Waals surface area contributed by atoms with E-state index in [2.05, 4.69) is 27.3 Å². The van der Waals surface area contributed by atoms with Gasteiger partial charge in [-0.25, -0.2) is 13.1 Å². The highest BCUT2D eigenvalue weighted by atomic mass is 32.2. The molecule has 0 aliphatic heterocycles. The first-order chi connectivity index (χ1) is 14.0. The van der Waals surface area contributed by atoms with Crippen molar-refractivity contribution in [1.82, 2.24) is 15.4 Å². The zero-order valence-corrected chi connectivity index (χ0v) is 18.5. The molecular formula is C21H36N4O3S. The summed E-state index contributed by atoms with van der Waals surface area (Å²) in [4.78, 5) is 4.55. The van der Waals surface area contributed by atoms with Crippen LogP contribution in [0.15, 0.2) is 35.3 Å². The second kappa shape index (κ2) is 12.8. The molecule has 1 unspecified atom stereocenters. The first-order valence-electron chi connectivity index (χ1n) is 10.6. The highest BCUT2D eigenvalue weighted by molar-refractivity contribution is 7.89. The lowest BCUT2D eigenvalue weighted by Gasteiger charge is -2.25. The smallest absolute Gasteiger partial charge is 0.213 e. The highest BCUT2D eigenvalue weighted by Gasteiger charge is 2.20. The fraction of sp³-hybridized carbons (Fsp3) is 0.667. The van der Waals surface area contributed by atoms with Gasteiger partial charge in [-0.2, -0.15) is 0 Å². The maximum Gasteiger partial charge on any atom is 0.213 e. The molecule has 7 nitrogen and oxygen atoms in total. The number of hydrogen-bond acceptors (Lipinski definition) is 4. The van der Waals surface area contributed by atoms with E-state index in [-0.39, 0.29) is 11.7 Å². The standard InChI is InChI=1S/C21H36N4O3S/c1-3-22-21(23-12-13-29(26,27)25-15-19-10-7-11-19)24-14-18(2)16-28-17-20-8-5-4-6-9-20/h4-6,8-9,18-19,25H,3,7,10-17H2,1-2H3,(H2,22,23,24). The summed E-state index contributed by atoms with van der Waals surface area (Å²) < 4.78 is 32.6. The molecule has 1 saturated carbocycles. The minimum atomic E-state index is -3.25. The summed E-state index contributed by atoms with van der Waals surface area (Å²) in [5.74, 6) is 1.46. The zero-order chi connectivity index (χ0) is 21.0. The summed E-state index contributed by atoms with van der Waals surface area (Å²) in [5, 5.41) is 6.27. The van der Waals surface area contributed by atoms with Crippen molar-refractivity contribution in [3.8, 4) is 0 Å². The summed E-state index contributed by atoms with van der Waals surface area (Å²) in [6, 6.07) is 10.1. The molecule has 0 aromatic heterocycles. The van der Waals surface area contributed by atoms with E-state index in [0.717, 1.165) is 24.9 Å². The summed E-state index contributed by atoms with van der Waals surface area (Å²) in [7, 11) is -3.25. The molecule has 1 aromatic carbocycles. The van der Waals surface area contributed by atoms with Crippen LogP contribution in [-0.4, -0.2) is 52.9 Å². The van der Waals surface area contributed by atoms with Crippen molar-refractivity contribution in [2.45, 2.75) is 39.7 Å². The molecule has 0 radical (unpaired) electrons. The molecule has 3 N–H and O–H groups in total. The monoisotopic (exact) mass is 424 g/mol. The Labute approximate surface area is 175 Å². The third-order valence-corrected chi connectivity index (χ3v) is 6.25. The minimum absolute atomic E-state index is 0.0415. The van der Waals surface area contributed by atoms with Gasteiger partial charge in [0.2, 0.25) is 10.0 Å². The van der Waals surface area contributed by atoms with Crippen LogP contribution in [0.2, 0.25) is 0 Å². The summed E-state index contributed by atoms with van der Waals surface area (Å²) in [6.07, 6.45) is 3.47. The lowest BCUT2D eigenvalue weighted by molar-refractivity contribution is 0.0945. The zero-order valence-electron chi connectivity index (χ0n) is 17.7. The van der Waals surface area contributed by atoms with Gasteiger partial charge in [-0.15, -0.1) is 0 Å². The van der Waals surface area contributed by atoms with E-state index in [9.17, 15) is 8.42 Å². The molecule has 0 saturated heterocycles. The molecule has 29 heavy (non-hydrogen) atoms. The number of sulfonamides is 1. The maximum atomic E-state index is 12.1. The van der Waals surface area contributed by atoms with Crippen LogP contribution in [0, 0.1) is 11.8 Å². The van der Waals surface area contributed by atoms with Gasteiger partial charge in [-0.3, -0.25) is 4.99 Å². The Bertz CT molecular complexity index is 706. The molecule has 1 atom stereocenters. The second-order valence-electron chi connectivity index (χ2n) is 7.72. The lowest BCUT2D eigenvalue weighted by Crippen LogP contribution is -2.42. The Balaban J connectivity index is 1.66. The molecule has 0 amide bonds. The molecule has 0 spiro atoms. The van der Waals surface area contributed by atoms with Crippen molar-refractivity contribution in [3.63, 3.8) is 0 Å². The Hall–Kier alpha value is -1.64. The van der Waals surface area contributed by atoms with Crippen molar-refractivity contribution in [2.75, 3.05) is 38.5 Å². The van der Waals surface area contributed by atoms with Crippen LogP contribution in [0.3, 0.4) is 0 Å². The number of nitrogens with zero attached hydrogens (tertiary/aromatic N) is 1. The molecule has 2 rings (SSSR count). The van der Waals surface area contributed by atoms with Crippen molar-refractivity contribution < 1.29 is 13.2 Å². The highest BCUT2D eigenvalue weighted by Crippen LogP contribution is 2.25. The topological polar surface area (TPSA) is 91.8 Å². The van der Waals surface area contributed by atoms with Gasteiger partial charge in [-0.1, -0.05) is 43.7 Å². The maximum absolute atomic E-state index is 12.1. The SMILES string of the molecule is CCNC(=NCC(C)COCc1ccccc1)NCCS(=O)(=O)NCC1CCC1. The minimum Gasteiger partial charge on any atom is -0.376 e. The van der Waals surface area contributed by atoms with Crippen LogP contribution in [-0.2, 0) is 21.4 Å². The van der Waals surface area contributed by atoms with Gasteiger partial charge in [0.25, 0.3) is 0 Å². The Kier molecular flexibility index (Phi) is 10.5.